The van der Waals surface area contributed by atoms with Crippen LogP contribution in [-0.4, -0.2) is 39.9 Å². The minimum absolute atomic E-state index is 0.0475. The van der Waals surface area contributed by atoms with Crippen LogP contribution < -0.4 is 5.73 Å². The Balaban J connectivity index is 1.87. The molecule has 2 atom stereocenters. The number of carbonyl (C=O) groups excluding carboxylic acids is 1. The maximum atomic E-state index is 12.3. The highest BCUT2D eigenvalue weighted by atomic mass is 16.2. The Morgan fingerprint density at radius 3 is 3.06 bits per heavy atom. The molecular formula is C13H16N4O. The Hall–Kier alpha value is -1.88. The standard InChI is InChI=1S/C13H16N4O/c1-8-5-17(6-10(8)14)13(18)9-2-3-11-12(4-9)16-7-15-11/h2-4,7-8,10H,5-6,14H2,1H3,(H,15,16). The Bertz CT molecular complexity index is 581. The number of carbonyl (C=O) groups is 1. The zero-order valence-electron chi connectivity index (χ0n) is 10.3. The summed E-state index contributed by atoms with van der Waals surface area (Å²) in [6.45, 7) is 3.46. The monoisotopic (exact) mass is 244 g/mol. The number of nitrogens with two attached hydrogens (primary N) is 1. The Labute approximate surface area is 105 Å². The molecular weight excluding hydrogens is 228 g/mol. The summed E-state index contributed by atoms with van der Waals surface area (Å²) in [5.41, 5.74) is 8.40. The van der Waals surface area contributed by atoms with E-state index in [0.29, 0.717) is 18.0 Å². The molecule has 0 bridgehead atoms. The van der Waals surface area contributed by atoms with Crippen LogP contribution in [-0.2, 0) is 0 Å². The molecule has 2 unspecified atom stereocenters. The molecule has 0 radical (unpaired) electrons. The number of nitrogens with zero attached hydrogens (tertiary/aromatic N) is 2. The zero-order valence-corrected chi connectivity index (χ0v) is 10.3. The Morgan fingerprint density at radius 2 is 2.33 bits per heavy atom. The van der Waals surface area contributed by atoms with Gasteiger partial charge in [0.25, 0.3) is 5.91 Å². The van der Waals surface area contributed by atoms with Crippen LogP contribution in [0.15, 0.2) is 24.5 Å². The summed E-state index contributed by atoms with van der Waals surface area (Å²) in [7, 11) is 0. The Kier molecular flexibility index (Phi) is 2.56. The van der Waals surface area contributed by atoms with Gasteiger partial charge in [-0.05, 0) is 24.1 Å². The fourth-order valence-corrected chi connectivity index (χ4v) is 2.41. The van der Waals surface area contributed by atoms with Crippen molar-refractivity contribution in [2.24, 2.45) is 11.7 Å². The van der Waals surface area contributed by atoms with Gasteiger partial charge in [0.15, 0.2) is 0 Å². The van der Waals surface area contributed by atoms with Gasteiger partial charge in [0, 0.05) is 24.7 Å². The molecule has 3 N–H and O–H groups in total. The number of benzene rings is 1. The van der Waals surface area contributed by atoms with E-state index in [1.165, 1.54) is 0 Å². The van der Waals surface area contributed by atoms with Crippen LogP contribution >= 0.6 is 0 Å². The van der Waals surface area contributed by atoms with Gasteiger partial charge in [0.2, 0.25) is 0 Å². The molecule has 18 heavy (non-hydrogen) atoms. The van der Waals surface area contributed by atoms with Crippen molar-refractivity contribution < 1.29 is 4.79 Å². The van der Waals surface area contributed by atoms with Gasteiger partial charge in [-0.2, -0.15) is 0 Å². The highest BCUT2D eigenvalue weighted by molar-refractivity contribution is 5.97. The van der Waals surface area contributed by atoms with Crippen LogP contribution in [0.5, 0.6) is 0 Å². The quantitative estimate of drug-likeness (QED) is 0.785. The van der Waals surface area contributed by atoms with Crippen molar-refractivity contribution in [3.05, 3.63) is 30.1 Å². The second kappa shape index (κ2) is 4.10. The molecule has 94 valence electrons. The molecule has 5 heteroatoms. The number of hydrogen-bond acceptors (Lipinski definition) is 3. The van der Waals surface area contributed by atoms with Crippen LogP contribution in [0.4, 0.5) is 0 Å². The largest absolute Gasteiger partial charge is 0.345 e. The fourth-order valence-electron chi connectivity index (χ4n) is 2.41. The number of aromatic amines is 1. The molecule has 1 aliphatic heterocycles. The van der Waals surface area contributed by atoms with Crippen molar-refractivity contribution in [1.82, 2.24) is 14.9 Å². The predicted octanol–water partition coefficient (Wildman–Crippen LogP) is 0.982. The number of rotatable bonds is 1. The van der Waals surface area contributed by atoms with Crippen LogP contribution in [0.1, 0.15) is 17.3 Å². The number of imidazole rings is 1. The minimum Gasteiger partial charge on any atom is -0.345 e. The summed E-state index contributed by atoms with van der Waals surface area (Å²) < 4.78 is 0. The predicted molar refractivity (Wildman–Crippen MR) is 69.1 cm³/mol. The third-order valence-electron chi connectivity index (χ3n) is 3.62. The van der Waals surface area contributed by atoms with E-state index in [9.17, 15) is 4.79 Å². The molecule has 0 spiro atoms. The number of H-pyrrole nitrogens is 1. The molecule has 1 fully saturated rings. The summed E-state index contributed by atoms with van der Waals surface area (Å²) in [5, 5.41) is 0. The topological polar surface area (TPSA) is 75.0 Å². The smallest absolute Gasteiger partial charge is 0.253 e. The molecule has 3 rings (SSSR count). The number of fused-ring (bicyclic) bond motifs is 1. The lowest BCUT2D eigenvalue weighted by molar-refractivity contribution is 0.0787. The summed E-state index contributed by atoms with van der Waals surface area (Å²) in [6.07, 6.45) is 1.63. The lowest BCUT2D eigenvalue weighted by Crippen LogP contribution is -2.32. The average Bonchev–Trinajstić information content (AvgIpc) is 2.95. The van der Waals surface area contributed by atoms with Crippen molar-refractivity contribution in [3.8, 4) is 0 Å². The lowest BCUT2D eigenvalue weighted by atomic mass is 10.1. The van der Waals surface area contributed by atoms with Gasteiger partial charge in [0.1, 0.15) is 0 Å². The third kappa shape index (κ3) is 1.76. The minimum atomic E-state index is 0.0475. The molecule has 1 amide bonds. The van der Waals surface area contributed by atoms with E-state index < -0.39 is 0 Å². The van der Waals surface area contributed by atoms with E-state index in [1.807, 2.05) is 23.1 Å². The van der Waals surface area contributed by atoms with Gasteiger partial charge in [-0.25, -0.2) is 4.98 Å². The molecule has 1 saturated heterocycles. The zero-order chi connectivity index (χ0) is 12.7. The van der Waals surface area contributed by atoms with E-state index in [0.717, 1.165) is 17.6 Å². The first-order valence-corrected chi connectivity index (χ1v) is 6.13. The Morgan fingerprint density at radius 1 is 1.50 bits per heavy atom. The van der Waals surface area contributed by atoms with Crippen LogP contribution in [0.2, 0.25) is 0 Å². The number of hydrogen-bond donors (Lipinski definition) is 2. The van der Waals surface area contributed by atoms with E-state index in [4.69, 9.17) is 5.73 Å². The average molecular weight is 244 g/mol. The molecule has 1 aromatic carbocycles. The van der Waals surface area contributed by atoms with Crippen molar-refractivity contribution >= 4 is 16.9 Å². The van der Waals surface area contributed by atoms with Crippen molar-refractivity contribution in [2.75, 3.05) is 13.1 Å². The summed E-state index contributed by atoms with van der Waals surface area (Å²) >= 11 is 0. The van der Waals surface area contributed by atoms with E-state index in [2.05, 4.69) is 16.9 Å². The van der Waals surface area contributed by atoms with Crippen LogP contribution in [0.25, 0.3) is 11.0 Å². The summed E-state index contributed by atoms with van der Waals surface area (Å²) in [4.78, 5) is 21.3. The highest BCUT2D eigenvalue weighted by Gasteiger charge is 2.30. The van der Waals surface area contributed by atoms with Gasteiger partial charge >= 0.3 is 0 Å². The van der Waals surface area contributed by atoms with Gasteiger partial charge in [-0.3, -0.25) is 4.79 Å². The maximum absolute atomic E-state index is 12.3. The SMILES string of the molecule is CC1CN(C(=O)c2ccc3nc[nH]c3c2)CC1N. The molecule has 0 saturated carbocycles. The summed E-state index contributed by atoms with van der Waals surface area (Å²) in [5.74, 6) is 0.413. The first kappa shape index (κ1) is 11.2. The second-order valence-corrected chi connectivity index (χ2v) is 4.99. The van der Waals surface area contributed by atoms with Crippen LogP contribution in [0, 0.1) is 5.92 Å². The first-order chi connectivity index (χ1) is 8.65. The lowest BCUT2D eigenvalue weighted by Gasteiger charge is -2.15. The molecule has 2 aromatic rings. The maximum Gasteiger partial charge on any atom is 0.253 e. The van der Waals surface area contributed by atoms with Gasteiger partial charge in [-0.15, -0.1) is 0 Å². The highest BCUT2D eigenvalue weighted by Crippen LogP contribution is 2.19. The molecule has 1 aliphatic rings. The van der Waals surface area contributed by atoms with Gasteiger partial charge < -0.3 is 15.6 Å². The second-order valence-electron chi connectivity index (χ2n) is 4.99. The first-order valence-electron chi connectivity index (χ1n) is 6.13. The fraction of sp³-hybridized carbons (Fsp3) is 0.385. The number of nitrogens with one attached hydrogen (secondary N) is 1. The van der Waals surface area contributed by atoms with Crippen molar-refractivity contribution in [1.29, 1.82) is 0 Å². The number of amides is 1. The number of likely N-dealkylation sites (tertiary alicyclic amines) is 1. The normalized spacial score (nSPS) is 23.8. The molecule has 0 aliphatic carbocycles. The molecule has 1 aromatic heterocycles. The summed E-state index contributed by atoms with van der Waals surface area (Å²) in [6, 6.07) is 5.61. The molecule has 2 heterocycles. The third-order valence-corrected chi connectivity index (χ3v) is 3.62. The van der Waals surface area contributed by atoms with E-state index in [-0.39, 0.29) is 11.9 Å². The van der Waals surface area contributed by atoms with Gasteiger partial charge in [0.05, 0.1) is 17.4 Å². The van der Waals surface area contributed by atoms with Crippen LogP contribution in [0.3, 0.4) is 0 Å². The number of aromatic nitrogens is 2. The molecule has 5 nitrogen and oxygen atoms in total. The van der Waals surface area contributed by atoms with E-state index in [1.54, 1.807) is 6.33 Å². The van der Waals surface area contributed by atoms with Crippen molar-refractivity contribution in [3.63, 3.8) is 0 Å². The van der Waals surface area contributed by atoms with Crippen molar-refractivity contribution in [2.45, 2.75) is 13.0 Å². The van der Waals surface area contributed by atoms with E-state index >= 15 is 0 Å². The van der Waals surface area contributed by atoms with Gasteiger partial charge in [-0.1, -0.05) is 6.92 Å².